The van der Waals surface area contributed by atoms with Crippen molar-refractivity contribution < 1.29 is 19.1 Å². The fourth-order valence-electron chi connectivity index (χ4n) is 3.65. The van der Waals surface area contributed by atoms with Crippen molar-refractivity contribution in [2.45, 2.75) is 26.3 Å². The Morgan fingerprint density at radius 3 is 2.53 bits per heavy atom. The van der Waals surface area contributed by atoms with E-state index in [0.717, 1.165) is 24.3 Å². The summed E-state index contributed by atoms with van der Waals surface area (Å²) in [6.45, 7) is 3.83. The number of carbonyl (C=O) groups excluding carboxylic acids is 2. The van der Waals surface area contributed by atoms with Gasteiger partial charge in [-0.2, -0.15) is 0 Å². The number of hydrogen-bond donors (Lipinski definition) is 1. The molecule has 1 aliphatic heterocycles. The summed E-state index contributed by atoms with van der Waals surface area (Å²) in [5.41, 5.74) is 2.04. The van der Waals surface area contributed by atoms with E-state index in [0.29, 0.717) is 42.3 Å². The zero-order valence-corrected chi connectivity index (χ0v) is 18.0. The Labute approximate surface area is 187 Å². The number of anilines is 1. The second kappa shape index (κ2) is 10.0. The number of benzene rings is 3. The highest BCUT2D eigenvalue weighted by molar-refractivity contribution is 6.05. The number of carbonyl (C=O) groups is 2. The fraction of sp³-hybridized carbons (Fsp3) is 0.231. The maximum Gasteiger partial charge on any atom is 0.255 e. The van der Waals surface area contributed by atoms with Crippen LogP contribution in [-0.4, -0.2) is 29.9 Å². The Morgan fingerprint density at radius 2 is 1.78 bits per heavy atom. The summed E-state index contributed by atoms with van der Waals surface area (Å²) in [6, 6.07) is 22.0. The monoisotopic (exact) mass is 430 g/mol. The highest BCUT2D eigenvalue weighted by Gasteiger charge is 2.20. The van der Waals surface area contributed by atoms with Crippen molar-refractivity contribution in [3.05, 3.63) is 83.9 Å². The van der Waals surface area contributed by atoms with Crippen LogP contribution in [0.25, 0.3) is 0 Å². The minimum atomic E-state index is -0.234. The largest absolute Gasteiger partial charge is 0.494 e. The van der Waals surface area contributed by atoms with Crippen molar-refractivity contribution in [1.29, 1.82) is 0 Å². The highest BCUT2D eigenvalue weighted by atomic mass is 16.5. The number of nitrogens with one attached hydrogen (secondary N) is 1. The lowest BCUT2D eigenvalue weighted by atomic mass is 10.1. The molecule has 6 nitrogen and oxygen atoms in total. The van der Waals surface area contributed by atoms with Gasteiger partial charge in [0.15, 0.2) is 5.75 Å². The molecule has 164 valence electrons. The van der Waals surface area contributed by atoms with Crippen molar-refractivity contribution in [2.24, 2.45) is 0 Å². The molecule has 32 heavy (non-hydrogen) atoms. The van der Waals surface area contributed by atoms with Crippen LogP contribution >= 0.6 is 0 Å². The molecule has 6 heteroatoms. The zero-order valence-electron chi connectivity index (χ0n) is 18.0. The Morgan fingerprint density at radius 1 is 1.00 bits per heavy atom. The molecule has 0 aliphatic carbocycles. The third kappa shape index (κ3) is 5.27. The molecule has 1 aliphatic rings. The molecule has 2 amide bonds. The van der Waals surface area contributed by atoms with E-state index >= 15 is 0 Å². The van der Waals surface area contributed by atoms with Gasteiger partial charge in [0.1, 0.15) is 11.5 Å². The molecule has 1 N–H and O–H groups in total. The normalized spacial score (nSPS) is 13.2. The first-order valence-corrected chi connectivity index (χ1v) is 10.8. The summed E-state index contributed by atoms with van der Waals surface area (Å²) in [5.74, 6) is 1.90. The SMILES string of the molecule is CCOc1ccc(Oc2ccccc2NC(=O)c2cccc(CN3CCCC3=O)c2)cc1. The van der Waals surface area contributed by atoms with E-state index in [2.05, 4.69) is 5.32 Å². The second-order valence-electron chi connectivity index (χ2n) is 7.58. The van der Waals surface area contributed by atoms with Crippen molar-refractivity contribution in [2.75, 3.05) is 18.5 Å². The number of likely N-dealkylation sites (tertiary alicyclic amines) is 1. The standard InChI is InChI=1S/C26H26N2O4/c1-2-31-21-12-14-22(15-13-21)32-24-10-4-3-9-23(24)27-26(30)20-8-5-7-19(17-20)18-28-16-6-11-25(28)29/h3-5,7-10,12-15,17H,2,6,11,16,18H2,1H3,(H,27,30). The van der Waals surface area contributed by atoms with Gasteiger partial charge in [-0.05, 0) is 67.4 Å². The third-order valence-electron chi connectivity index (χ3n) is 5.23. The number of nitrogens with zero attached hydrogens (tertiary/aromatic N) is 1. The van der Waals surface area contributed by atoms with Crippen LogP contribution in [0.2, 0.25) is 0 Å². The molecule has 1 heterocycles. The zero-order chi connectivity index (χ0) is 22.3. The van der Waals surface area contributed by atoms with Gasteiger partial charge < -0.3 is 19.7 Å². The van der Waals surface area contributed by atoms with Crippen molar-refractivity contribution in [3.8, 4) is 17.2 Å². The van der Waals surface area contributed by atoms with E-state index in [1.54, 1.807) is 12.1 Å². The van der Waals surface area contributed by atoms with E-state index in [4.69, 9.17) is 9.47 Å². The molecular weight excluding hydrogens is 404 g/mol. The van der Waals surface area contributed by atoms with Crippen molar-refractivity contribution >= 4 is 17.5 Å². The van der Waals surface area contributed by atoms with Gasteiger partial charge in [0.2, 0.25) is 5.91 Å². The van der Waals surface area contributed by atoms with Crippen LogP contribution in [0.15, 0.2) is 72.8 Å². The maximum absolute atomic E-state index is 12.9. The van der Waals surface area contributed by atoms with Crippen LogP contribution in [-0.2, 0) is 11.3 Å². The number of para-hydroxylation sites is 2. The lowest BCUT2D eigenvalue weighted by Crippen LogP contribution is -2.24. The maximum atomic E-state index is 12.9. The van der Waals surface area contributed by atoms with E-state index in [1.807, 2.05) is 72.5 Å². The van der Waals surface area contributed by atoms with Crippen LogP contribution in [0.1, 0.15) is 35.7 Å². The molecule has 1 saturated heterocycles. The van der Waals surface area contributed by atoms with Gasteiger partial charge in [0.05, 0.1) is 12.3 Å². The molecule has 1 fully saturated rings. The number of ether oxygens (including phenoxy) is 2. The average molecular weight is 431 g/mol. The highest BCUT2D eigenvalue weighted by Crippen LogP contribution is 2.30. The Balaban J connectivity index is 1.45. The quantitative estimate of drug-likeness (QED) is 0.530. The molecule has 0 spiro atoms. The third-order valence-corrected chi connectivity index (χ3v) is 5.23. The molecule has 0 atom stereocenters. The first kappa shape index (κ1) is 21.4. The first-order chi connectivity index (χ1) is 15.6. The van der Waals surface area contributed by atoms with Crippen LogP contribution in [0.4, 0.5) is 5.69 Å². The van der Waals surface area contributed by atoms with Gasteiger partial charge in [0.25, 0.3) is 5.91 Å². The van der Waals surface area contributed by atoms with Crippen LogP contribution < -0.4 is 14.8 Å². The van der Waals surface area contributed by atoms with Crippen LogP contribution in [0.5, 0.6) is 17.2 Å². The lowest BCUT2D eigenvalue weighted by molar-refractivity contribution is -0.128. The van der Waals surface area contributed by atoms with Gasteiger partial charge >= 0.3 is 0 Å². The van der Waals surface area contributed by atoms with E-state index in [9.17, 15) is 9.59 Å². The average Bonchev–Trinajstić information content (AvgIpc) is 3.21. The Kier molecular flexibility index (Phi) is 6.70. The molecular formula is C26H26N2O4. The van der Waals surface area contributed by atoms with Crippen LogP contribution in [0.3, 0.4) is 0 Å². The van der Waals surface area contributed by atoms with Gasteiger partial charge in [-0.3, -0.25) is 9.59 Å². The van der Waals surface area contributed by atoms with Gasteiger partial charge in [0, 0.05) is 25.1 Å². The number of amides is 2. The van der Waals surface area contributed by atoms with Gasteiger partial charge in [-0.25, -0.2) is 0 Å². The van der Waals surface area contributed by atoms with Gasteiger partial charge in [-0.1, -0.05) is 24.3 Å². The van der Waals surface area contributed by atoms with Crippen molar-refractivity contribution in [3.63, 3.8) is 0 Å². The summed E-state index contributed by atoms with van der Waals surface area (Å²) in [7, 11) is 0. The topological polar surface area (TPSA) is 67.9 Å². The molecule has 0 radical (unpaired) electrons. The van der Waals surface area contributed by atoms with Gasteiger partial charge in [-0.15, -0.1) is 0 Å². The molecule has 0 saturated carbocycles. The predicted molar refractivity (Wildman–Crippen MR) is 123 cm³/mol. The molecule has 3 aromatic carbocycles. The summed E-state index contributed by atoms with van der Waals surface area (Å²) >= 11 is 0. The molecule has 4 rings (SSSR count). The van der Waals surface area contributed by atoms with E-state index in [1.165, 1.54) is 0 Å². The number of rotatable bonds is 8. The summed E-state index contributed by atoms with van der Waals surface area (Å²) in [4.78, 5) is 26.7. The number of hydrogen-bond acceptors (Lipinski definition) is 4. The minimum Gasteiger partial charge on any atom is -0.494 e. The minimum absolute atomic E-state index is 0.167. The Bertz CT molecular complexity index is 1090. The first-order valence-electron chi connectivity index (χ1n) is 10.8. The summed E-state index contributed by atoms with van der Waals surface area (Å²) in [6.07, 6.45) is 1.50. The summed E-state index contributed by atoms with van der Waals surface area (Å²) in [5, 5.41) is 2.94. The predicted octanol–water partition coefficient (Wildman–Crippen LogP) is 5.25. The summed E-state index contributed by atoms with van der Waals surface area (Å²) < 4.78 is 11.4. The second-order valence-corrected chi connectivity index (χ2v) is 7.58. The lowest BCUT2D eigenvalue weighted by Gasteiger charge is -2.16. The smallest absolute Gasteiger partial charge is 0.255 e. The molecule has 0 aromatic heterocycles. The Hall–Kier alpha value is -3.80. The van der Waals surface area contributed by atoms with Crippen molar-refractivity contribution in [1.82, 2.24) is 4.90 Å². The van der Waals surface area contributed by atoms with E-state index < -0.39 is 0 Å². The van der Waals surface area contributed by atoms with Crippen LogP contribution in [0, 0.1) is 0 Å². The van der Waals surface area contributed by atoms with E-state index in [-0.39, 0.29) is 11.8 Å². The molecule has 0 bridgehead atoms. The molecule has 0 unspecified atom stereocenters. The fourth-order valence-corrected chi connectivity index (χ4v) is 3.65. The molecule has 3 aromatic rings.